The van der Waals surface area contributed by atoms with E-state index >= 15 is 4.39 Å². The normalized spacial score (nSPS) is 19.2. The van der Waals surface area contributed by atoms with Crippen molar-refractivity contribution in [2.24, 2.45) is 0 Å². The molecule has 1 aromatic carbocycles. The standard InChI is InChI=1S/C19H15B6ClF2N4O/c1-10-5-29-14(30-6-10)7-31-19(24,25)18(28)16(20,21)8-32(9-17(18,22)23)15(33)11-2-3-13(27)12(26)4-11/h2-6,31H,7-9H2,1H3. The van der Waals surface area contributed by atoms with E-state index in [0.717, 1.165) is 22.6 Å². The van der Waals surface area contributed by atoms with E-state index in [1.807, 2.05) is 0 Å². The maximum Gasteiger partial charge on any atom is 0.253 e. The first-order valence-electron chi connectivity index (χ1n) is 9.80. The van der Waals surface area contributed by atoms with Crippen molar-refractivity contribution in [2.75, 3.05) is 13.1 Å². The van der Waals surface area contributed by atoms with Crippen molar-refractivity contribution in [3.63, 3.8) is 0 Å². The number of hydrogen-bond acceptors (Lipinski definition) is 4. The number of rotatable bonds is 5. The molecule has 0 aliphatic carbocycles. The molecule has 2 heterocycles. The van der Waals surface area contributed by atoms with Gasteiger partial charge in [0.05, 0.1) is 64.3 Å². The molecular weight excluding hydrogens is 439 g/mol. The summed E-state index contributed by atoms with van der Waals surface area (Å²) in [6, 6.07) is 3.32. The van der Waals surface area contributed by atoms with E-state index in [4.69, 9.17) is 58.7 Å². The molecule has 1 aliphatic heterocycles. The summed E-state index contributed by atoms with van der Waals surface area (Å²) in [6.07, 6.45) is 3.12. The number of likely N-dealkylation sites (tertiary alicyclic amines) is 1. The minimum atomic E-state index is -3.03. The topological polar surface area (TPSA) is 58.1 Å². The van der Waals surface area contributed by atoms with Crippen molar-refractivity contribution in [2.45, 2.75) is 34.9 Å². The molecule has 14 heteroatoms. The average Bonchev–Trinajstić information content (AvgIpc) is 2.72. The summed E-state index contributed by atoms with van der Waals surface area (Å²) in [7, 11) is 36.5. The summed E-state index contributed by atoms with van der Waals surface area (Å²) in [4.78, 5) is 22.1. The molecule has 156 valence electrons. The smallest absolute Gasteiger partial charge is 0.253 e. The number of nitrogens with one attached hydrogen (secondary N) is 1. The Balaban J connectivity index is 1.87. The molecule has 3 rings (SSSR count). The van der Waals surface area contributed by atoms with Crippen LogP contribution in [0.4, 0.5) is 8.78 Å². The third-order valence-electron chi connectivity index (χ3n) is 5.58. The molecule has 0 bridgehead atoms. The van der Waals surface area contributed by atoms with Crippen LogP contribution in [0.25, 0.3) is 0 Å². The molecule has 0 saturated carbocycles. The zero-order valence-electron chi connectivity index (χ0n) is 17.9. The van der Waals surface area contributed by atoms with Crippen LogP contribution in [0, 0.1) is 12.7 Å². The highest BCUT2D eigenvalue weighted by Gasteiger charge is 2.64. The fourth-order valence-corrected chi connectivity index (χ4v) is 4.10. The van der Waals surface area contributed by atoms with Gasteiger partial charge in [0.1, 0.15) is 11.6 Å². The van der Waals surface area contributed by atoms with E-state index in [-0.39, 0.29) is 23.0 Å². The number of alkyl halides is 1. The number of nitrogens with zero attached hydrogens (tertiary/aromatic N) is 3. The summed E-state index contributed by atoms with van der Waals surface area (Å²) in [5.74, 6) is -1.14. The summed E-state index contributed by atoms with van der Waals surface area (Å²) in [6.45, 7) is 0.522. The van der Waals surface area contributed by atoms with E-state index in [2.05, 4.69) is 15.3 Å². The number of hydrogen-bond donors (Lipinski definition) is 1. The van der Waals surface area contributed by atoms with E-state index < -0.39 is 46.2 Å². The Morgan fingerprint density at radius 1 is 1.18 bits per heavy atom. The van der Waals surface area contributed by atoms with Crippen LogP contribution >= 0.6 is 11.6 Å². The molecule has 1 saturated heterocycles. The quantitative estimate of drug-likeness (QED) is 0.667. The van der Waals surface area contributed by atoms with Gasteiger partial charge < -0.3 is 10.2 Å². The Hall–Kier alpha value is -1.73. The fourth-order valence-electron chi connectivity index (χ4n) is 3.92. The van der Waals surface area contributed by atoms with Gasteiger partial charge in [-0.1, -0.05) is 11.6 Å². The van der Waals surface area contributed by atoms with Crippen molar-refractivity contribution < 1.29 is 13.6 Å². The maximum atomic E-state index is 16.6. The minimum Gasteiger partial charge on any atom is -0.340 e. The zero-order valence-corrected chi connectivity index (χ0v) is 18.6. The molecule has 1 aliphatic rings. The summed E-state index contributed by atoms with van der Waals surface area (Å²) >= 11 is 5.75. The largest absolute Gasteiger partial charge is 0.340 e. The van der Waals surface area contributed by atoms with Crippen molar-refractivity contribution in [1.82, 2.24) is 20.2 Å². The lowest BCUT2D eigenvalue weighted by atomic mass is 9.24. The highest BCUT2D eigenvalue weighted by molar-refractivity contribution is 6.51. The third-order valence-corrected chi connectivity index (χ3v) is 5.87. The van der Waals surface area contributed by atoms with Crippen LogP contribution in [-0.2, 0) is 6.54 Å². The van der Waals surface area contributed by atoms with E-state index in [9.17, 15) is 9.18 Å². The maximum absolute atomic E-state index is 16.6. The molecule has 2 aromatic rings. The first-order valence-corrected chi connectivity index (χ1v) is 10.2. The van der Waals surface area contributed by atoms with Gasteiger partial charge in [-0.2, -0.15) is 0 Å². The molecule has 33 heavy (non-hydrogen) atoms. The van der Waals surface area contributed by atoms with Gasteiger partial charge in [0.25, 0.3) is 5.91 Å². The van der Waals surface area contributed by atoms with Crippen LogP contribution < -0.4 is 5.32 Å². The number of benzene rings is 1. The molecule has 5 nitrogen and oxygen atoms in total. The first kappa shape index (κ1) is 25.9. The van der Waals surface area contributed by atoms with Crippen LogP contribution in [0.5, 0.6) is 0 Å². The second kappa shape index (κ2) is 8.80. The molecule has 0 spiro atoms. The Labute approximate surface area is 204 Å². The predicted octanol–water partition coefficient (Wildman–Crippen LogP) is 0.429. The van der Waals surface area contributed by atoms with Crippen molar-refractivity contribution in [1.29, 1.82) is 0 Å². The molecule has 12 radical (unpaired) electrons. The Morgan fingerprint density at radius 2 is 1.73 bits per heavy atom. The van der Waals surface area contributed by atoms with Gasteiger partial charge in [-0.25, -0.2) is 18.7 Å². The van der Waals surface area contributed by atoms with Crippen LogP contribution in [-0.4, -0.2) is 91.9 Å². The highest BCUT2D eigenvalue weighted by atomic mass is 35.5. The predicted molar refractivity (Wildman–Crippen MR) is 127 cm³/mol. The van der Waals surface area contributed by atoms with Gasteiger partial charge in [0.15, 0.2) is 0 Å². The van der Waals surface area contributed by atoms with E-state index in [0.29, 0.717) is 0 Å². The molecule has 0 atom stereocenters. The van der Waals surface area contributed by atoms with Crippen molar-refractivity contribution >= 4 is 64.6 Å². The third kappa shape index (κ3) is 4.63. The molecule has 1 amide bonds. The number of halogens is 3. The second-order valence-electron chi connectivity index (χ2n) is 8.43. The molecule has 1 aromatic heterocycles. The van der Waals surface area contributed by atoms with Gasteiger partial charge in [-0.15, -0.1) is 0 Å². The minimum absolute atomic E-state index is 0.000707. The number of amides is 1. The molecule has 1 fully saturated rings. The van der Waals surface area contributed by atoms with E-state index in [1.165, 1.54) is 6.07 Å². The Kier molecular flexibility index (Phi) is 6.91. The average molecular weight is 454 g/mol. The SMILES string of the molecule is [B]C1([B])CN(C(=O)c2ccc(F)c(Cl)c2)CC([B])([B])C1(F)C([B])([B])NCc1ncc(C)cn1. The number of aryl methyl sites for hydroxylation is 1. The van der Waals surface area contributed by atoms with Gasteiger partial charge in [0.2, 0.25) is 0 Å². The van der Waals surface area contributed by atoms with Crippen LogP contribution in [0.1, 0.15) is 21.7 Å². The monoisotopic (exact) mass is 454 g/mol. The Morgan fingerprint density at radius 3 is 2.24 bits per heavy atom. The van der Waals surface area contributed by atoms with Gasteiger partial charge in [-0.05, 0) is 46.5 Å². The van der Waals surface area contributed by atoms with Crippen LogP contribution in [0.3, 0.4) is 0 Å². The fraction of sp³-hybridized carbons (Fsp3) is 0.421. The van der Waals surface area contributed by atoms with Gasteiger partial charge in [-0.3, -0.25) is 4.79 Å². The van der Waals surface area contributed by atoms with Crippen LogP contribution in [0.15, 0.2) is 30.6 Å². The molecular formula is C19H15B6ClF2N4O. The van der Waals surface area contributed by atoms with Gasteiger partial charge >= 0.3 is 0 Å². The zero-order chi connectivity index (χ0) is 24.8. The number of piperidine rings is 1. The number of aromatic nitrogens is 2. The second-order valence-corrected chi connectivity index (χ2v) is 8.84. The lowest BCUT2D eigenvalue weighted by Crippen LogP contribution is -2.77. The lowest BCUT2D eigenvalue weighted by Gasteiger charge is -2.65. The summed E-state index contributed by atoms with van der Waals surface area (Å²) in [5, 5.41) is -4.96. The highest BCUT2D eigenvalue weighted by Crippen LogP contribution is 2.58. The first-order chi connectivity index (χ1) is 15.1. The van der Waals surface area contributed by atoms with E-state index in [1.54, 1.807) is 19.3 Å². The lowest BCUT2D eigenvalue weighted by molar-refractivity contribution is 0.00674. The molecule has 0 unspecified atom stereocenters. The summed E-state index contributed by atoms with van der Waals surface area (Å²) in [5.41, 5.74) is -2.21. The number of carbonyl (C=O) groups is 1. The molecule has 1 N–H and O–H groups in total. The van der Waals surface area contributed by atoms with Gasteiger partial charge in [0, 0.05) is 31.0 Å². The van der Waals surface area contributed by atoms with Crippen molar-refractivity contribution in [3.8, 4) is 0 Å². The van der Waals surface area contributed by atoms with Crippen molar-refractivity contribution in [3.05, 3.63) is 58.4 Å². The van der Waals surface area contributed by atoms with Crippen LogP contribution in [0.2, 0.25) is 15.5 Å². The Bertz CT molecular complexity index is 1040. The summed E-state index contributed by atoms with van der Waals surface area (Å²) < 4.78 is 30.0. The number of carbonyl (C=O) groups excluding carboxylic acids is 1.